The summed E-state index contributed by atoms with van der Waals surface area (Å²) in [5, 5.41) is 4.84. The molecule has 0 aliphatic rings. The number of fused-ring (bicyclic) bond motifs is 3. The van der Waals surface area contributed by atoms with Crippen LogP contribution in [0.1, 0.15) is 0 Å². The number of nitrogens with zero attached hydrogens (tertiary/aromatic N) is 2. The first-order valence-corrected chi connectivity index (χ1v) is 14.0. The lowest BCUT2D eigenvalue weighted by atomic mass is 9.86. The van der Waals surface area contributed by atoms with Crippen molar-refractivity contribution in [1.29, 1.82) is 0 Å². The third kappa shape index (κ3) is 3.76. The molecule has 8 rings (SSSR count). The molecule has 0 amide bonds. The van der Waals surface area contributed by atoms with Crippen LogP contribution in [0.15, 0.2) is 158 Å². The minimum absolute atomic E-state index is 0.944. The maximum Gasteiger partial charge on any atom is 0.145 e. The summed E-state index contributed by atoms with van der Waals surface area (Å²) < 4.78 is 2.36. The lowest BCUT2D eigenvalue weighted by molar-refractivity contribution is 1.13. The highest BCUT2D eigenvalue weighted by Crippen LogP contribution is 2.45. The fourth-order valence-electron chi connectivity index (χ4n) is 6.24. The van der Waals surface area contributed by atoms with Crippen LogP contribution in [0, 0.1) is 0 Å². The summed E-state index contributed by atoms with van der Waals surface area (Å²) in [6, 6.07) is 56.1. The molecule has 0 radical (unpaired) electrons. The molecule has 0 aliphatic heterocycles. The summed E-state index contributed by atoms with van der Waals surface area (Å²) >= 11 is 0. The van der Waals surface area contributed by atoms with Crippen LogP contribution in [0.5, 0.6) is 0 Å². The molecule has 1 heterocycles. The van der Waals surface area contributed by atoms with E-state index in [1.54, 1.807) is 0 Å². The van der Waals surface area contributed by atoms with Crippen LogP contribution in [-0.2, 0) is 0 Å². The Hall–Kier alpha value is -5.47. The molecular formula is C39H26N2. The van der Waals surface area contributed by atoms with Gasteiger partial charge < -0.3 is 0 Å². The summed E-state index contributed by atoms with van der Waals surface area (Å²) in [6.07, 6.45) is 0. The summed E-state index contributed by atoms with van der Waals surface area (Å²) in [5.41, 5.74) is 9.26. The Morgan fingerprint density at radius 2 is 0.878 bits per heavy atom. The Morgan fingerprint density at radius 1 is 0.390 bits per heavy atom. The Kier molecular flexibility index (Phi) is 5.49. The molecule has 8 aromatic rings. The predicted octanol–water partition coefficient (Wildman–Crippen LogP) is 10.3. The van der Waals surface area contributed by atoms with Crippen molar-refractivity contribution in [2.45, 2.75) is 0 Å². The number of hydrogen-bond donors (Lipinski definition) is 0. The van der Waals surface area contributed by atoms with Gasteiger partial charge in [-0.05, 0) is 45.2 Å². The first-order valence-electron chi connectivity index (χ1n) is 14.0. The highest BCUT2D eigenvalue weighted by Gasteiger charge is 2.22. The highest BCUT2D eigenvalue weighted by atomic mass is 15.1. The zero-order chi connectivity index (χ0) is 27.2. The van der Waals surface area contributed by atoms with Gasteiger partial charge in [0.05, 0.1) is 16.7 Å². The van der Waals surface area contributed by atoms with E-state index in [2.05, 4.69) is 162 Å². The second-order valence-corrected chi connectivity index (χ2v) is 10.4. The van der Waals surface area contributed by atoms with Gasteiger partial charge in [-0.2, -0.15) is 0 Å². The van der Waals surface area contributed by atoms with Crippen molar-refractivity contribution in [2.75, 3.05) is 0 Å². The molecule has 0 aliphatic carbocycles. The summed E-state index contributed by atoms with van der Waals surface area (Å²) in [5.74, 6) is 0.944. The Bertz CT molecular complexity index is 2130. The van der Waals surface area contributed by atoms with Gasteiger partial charge in [0.2, 0.25) is 0 Å². The number of aromatic nitrogens is 2. The van der Waals surface area contributed by atoms with E-state index in [1.165, 1.54) is 43.8 Å². The van der Waals surface area contributed by atoms with E-state index in [0.717, 1.165) is 28.1 Å². The topological polar surface area (TPSA) is 17.8 Å². The minimum Gasteiger partial charge on any atom is -0.291 e. The third-order valence-electron chi connectivity index (χ3n) is 8.00. The van der Waals surface area contributed by atoms with E-state index < -0.39 is 0 Å². The SMILES string of the molecule is c1ccc(-c2ccccc2-c2c3ccccc3c(-n3c(-c4ccccc4)nc4ccccc43)c3ccccc23)cc1. The minimum atomic E-state index is 0.944. The highest BCUT2D eigenvalue weighted by molar-refractivity contribution is 6.20. The fraction of sp³-hybridized carbons (Fsp3) is 0. The average molecular weight is 523 g/mol. The van der Waals surface area contributed by atoms with Crippen LogP contribution < -0.4 is 0 Å². The van der Waals surface area contributed by atoms with Gasteiger partial charge in [0.1, 0.15) is 5.82 Å². The van der Waals surface area contributed by atoms with E-state index in [-0.39, 0.29) is 0 Å². The van der Waals surface area contributed by atoms with Crippen LogP contribution in [0.3, 0.4) is 0 Å². The monoisotopic (exact) mass is 522 g/mol. The molecule has 0 spiro atoms. The van der Waals surface area contributed by atoms with E-state index in [1.807, 2.05) is 0 Å². The molecule has 0 bridgehead atoms. The van der Waals surface area contributed by atoms with E-state index in [0.29, 0.717) is 0 Å². The van der Waals surface area contributed by atoms with Crippen molar-refractivity contribution in [1.82, 2.24) is 9.55 Å². The molecule has 0 atom stereocenters. The Balaban J connectivity index is 1.54. The standard InChI is InChI=1S/C39H26N2/c1-3-15-27(16-4-1)29-19-7-8-20-30(29)37-31-21-9-11-23-33(31)38(34-24-12-10-22-32(34)37)41-36-26-14-13-25-35(36)40-39(41)28-17-5-2-6-18-28/h1-26H. The van der Waals surface area contributed by atoms with E-state index in [4.69, 9.17) is 4.98 Å². The van der Waals surface area contributed by atoms with Crippen molar-refractivity contribution in [2.24, 2.45) is 0 Å². The van der Waals surface area contributed by atoms with Gasteiger partial charge in [-0.25, -0.2) is 4.98 Å². The number of rotatable bonds is 4. The molecule has 192 valence electrons. The van der Waals surface area contributed by atoms with Gasteiger partial charge in [0.25, 0.3) is 0 Å². The van der Waals surface area contributed by atoms with Crippen LogP contribution in [0.4, 0.5) is 0 Å². The van der Waals surface area contributed by atoms with Gasteiger partial charge in [0, 0.05) is 16.3 Å². The lowest BCUT2D eigenvalue weighted by Crippen LogP contribution is -2.01. The number of imidazole rings is 1. The molecule has 2 nitrogen and oxygen atoms in total. The van der Waals surface area contributed by atoms with Crippen molar-refractivity contribution in [3.05, 3.63) is 158 Å². The molecule has 0 saturated heterocycles. The maximum atomic E-state index is 5.17. The molecule has 0 saturated carbocycles. The van der Waals surface area contributed by atoms with Crippen LogP contribution in [0.2, 0.25) is 0 Å². The lowest BCUT2D eigenvalue weighted by Gasteiger charge is -2.21. The molecule has 0 unspecified atom stereocenters. The van der Waals surface area contributed by atoms with Crippen molar-refractivity contribution < 1.29 is 0 Å². The molecule has 41 heavy (non-hydrogen) atoms. The van der Waals surface area contributed by atoms with Gasteiger partial charge in [-0.3, -0.25) is 4.57 Å². The Labute approximate surface area is 238 Å². The summed E-state index contributed by atoms with van der Waals surface area (Å²) in [4.78, 5) is 5.17. The molecular weight excluding hydrogens is 496 g/mol. The van der Waals surface area contributed by atoms with E-state index >= 15 is 0 Å². The summed E-state index contributed by atoms with van der Waals surface area (Å²) in [6.45, 7) is 0. The van der Waals surface area contributed by atoms with E-state index in [9.17, 15) is 0 Å². The van der Waals surface area contributed by atoms with Gasteiger partial charge in [-0.1, -0.05) is 146 Å². The normalized spacial score (nSPS) is 11.4. The second kappa shape index (κ2) is 9.62. The molecule has 2 heteroatoms. The first-order chi connectivity index (χ1) is 20.4. The van der Waals surface area contributed by atoms with Crippen molar-refractivity contribution in [3.63, 3.8) is 0 Å². The third-order valence-corrected chi connectivity index (χ3v) is 8.00. The quantitative estimate of drug-likeness (QED) is 0.210. The van der Waals surface area contributed by atoms with Gasteiger partial charge in [-0.15, -0.1) is 0 Å². The van der Waals surface area contributed by atoms with Gasteiger partial charge >= 0.3 is 0 Å². The second-order valence-electron chi connectivity index (χ2n) is 10.4. The van der Waals surface area contributed by atoms with Crippen LogP contribution in [-0.4, -0.2) is 9.55 Å². The first kappa shape index (κ1) is 23.4. The number of para-hydroxylation sites is 2. The average Bonchev–Trinajstić information content (AvgIpc) is 3.44. The van der Waals surface area contributed by atoms with Crippen LogP contribution >= 0.6 is 0 Å². The molecule has 0 N–H and O–H groups in total. The summed E-state index contributed by atoms with van der Waals surface area (Å²) in [7, 11) is 0. The zero-order valence-electron chi connectivity index (χ0n) is 22.4. The molecule has 1 aromatic heterocycles. The van der Waals surface area contributed by atoms with Crippen molar-refractivity contribution in [3.8, 4) is 39.3 Å². The van der Waals surface area contributed by atoms with Crippen molar-refractivity contribution >= 4 is 32.6 Å². The Morgan fingerprint density at radius 3 is 1.54 bits per heavy atom. The molecule has 7 aromatic carbocycles. The largest absolute Gasteiger partial charge is 0.291 e. The van der Waals surface area contributed by atoms with Crippen LogP contribution in [0.25, 0.3) is 71.9 Å². The predicted molar refractivity (Wildman–Crippen MR) is 172 cm³/mol. The number of hydrogen-bond acceptors (Lipinski definition) is 1. The zero-order valence-corrected chi connectivity index (χ0v) is 22.4. The maximum absolute atomic E-state index is 5.17. The number of benzene rings is 7. The molecule has 0 fully saturated rings. The fourth-order valence-corrected chi connectivity index (χ4v) is 6.24. The van der Waals surface area contributed by atoms with Gasteiger partial charge in [0.15, 0.2) is 0 Å². The smallest absolute Gasteiger partial charge is 0.145 e.